The van der Waals surface area contributed by atoms with Gasteiger partial charge in [0.15, 0.2) is 0 Å². The van der Waals surface area contributed by atoms with E-state index in [-0.39, 0.29) is 0 Å². The largest absolute Gasteiger partial charge is 0.276 e. The molecule has 0 aliphatic rings. The highest BCUT2D eigenvalue weighted by molar-refractivity contribution is 6.68. The monoisotopic (exact) mass is 351 g/mol. The Balaban J connectivity index is 2.15. The predicted octanol–water partition coefficient (Wildman–Crippen LogP) is 6.10. The van der Waals surface area contributed by atoms with E-state index in [0.717, 1.165) is 39.7 Å². The molecule has 0 saturated heterocycles. The maximum atomic E-state index is 12.0. The molecule has 0 atom stereocenters. The number of aryl methyl sites for hydroxylation is 2. The molecule has 0 N–H and O–H groups in total. The average Bonchev–Trinajstić information content (AvgIpc) is 2.54. The van der Waals surface area contributed by atoms with Crippen molar-refractivity contribution in [3.8, 4) is 11.3 Å². The van der Waals surface area contributed by atoms with Gasteiger partial charge in [0, 0.05) is 16.5 Å². The summed E-state index contributed by atoms with van der Waals surface area (Å²) in [6, 6.07) is 14.2. The summed E-state index contributed by atoms with van der Waals surface area (Å²) in [4.78, 5) is 16.8. The number of pyridine rings is 1. The zero-order chi connectivity index (χ0) is 18.1. The predicted molar refractivity (Wildman–Crippen MR) is 105 cm³/mol. The molecule has 0 saturated carbocycles. The molecule has 3 aromatic rings. The van der Waals surface area contributed by atoms with E-state index in [0.29, 0.717) is 11.5 Å². The smallest absolute Gasteiger partial charge is 0.253 e. The summed E-state index contributed by atoms with van der Waals surface area (Å²) in [6.07, 6.45) is 1.05. The molecular formula is C22H22ClNO. The number of aromatic nitrogens is 1. The molecular weight excluding hydrogens is 330 g/mol. The normalized spacial score (nSPS) is 11.3. The first kappa shape index (κ1) is 17.6. The van der Waals surface area contributed by atoms with Crippen LogP contribution in [0.1, 0.15) is 40.9 Å². The van der Waals surface area contributed by atoms with Crippen molar-refractivity contribution < 1.29 is 4.79 Å². The second-order valence-electron chi connectivity index (χ2n) is 7.10. The van der Waals surface area contributed by atoms with Gasteiger partial charge < -0.3 is 0 Å². The Morgan fingerprint density at radius 3 is 2.36 bits per heavy atom. The van der Waals surface area contributed by atoms with Gasteiger partial charge in [0.1, 0.15) is 0 Å². The van der Waals surface area contributed by atoms with Crippen LogP contribution < -0.4 is 0 Å². The molecule has 2 aromatic carbocycles. The minimum Gasteiger partial charge on any atom is -0.276 e. The number of halogens is 1. The van der Waals surface area contributed by atoms with Crippen molar-refractivity contribution in [1.29, 1.82) is 0 Å². The summed E-state index contributed by atoms with van der Waals surface area (Å²) in [5.74, 6) is 0.621. The van der Waals surface area contributed by atoms with Crippen LogP contribution in [0.3, 0.4) is 0 Å². The van der Waals surface area contributed by atoms with Gasteiger partial charge in [0.2, 0.25) is 0 Å². The van der Waals surface area contributed by atoms with E-state index >= 15 is 0 Å². The second-order valence-corrected chi connectivity index (χ2v) is 7.44. The van der Waals surface area contributed by atoms with Gasteiger partial charge in [-0.3, -0.25) is 4.79 Å². The third kappa shape index (κ3) is 3.74. The molecule has 1 aromatic heterocycles. The molecule has 25 heavy (non-hydrogen) atoms. The fourth-order valence-electron chi connectivity index (χ4n) is 3.27. The standard InChI is InChI=1S/C22H22ClNO/c1-13(2)9-16-5-7-17(8-6-16)20-12-19(22(23)25)18-11-14(3)10-15(4)21(18)24-20/h5-8,10-13H,9H2,1-4H3. The first-order valence-electron chi connectivity index (χ1n) is 8.56. The molecule has 128 valence electrons. The van der Waals surface area contributed by atoms with Crippen LogP contribution in [0.2, 0.25) is 0 Å². The van der Waals surface area contributed by atoms with Crippen LogP contribution in [0.5, 0.6) is 0 Å². The lowest BCUT2D eigenvalue weighted by Gasteiger charge is -2.11. The summed E-state index contributed by atoms with van der Waals surface area (Å²) in [5, 5.41) is 0.368. The maximum absolute atomic E-state index is 12.0. The molecule has 3 rings (SSSR count). The van der Waals surface area contributed by atoms with Crippen molar-refractivity contribution in [3.05, 3.63) is 64.7 Å². The zero-order valence-corrected chi connectivity index (χ0v) is 15.8. The molecule has 1 heterocycles. The highest BCUT2D eigenvalue weighted by atomic mass is 35.5. The Morgan fingerprint density at radius 1 is 1.08 bits per heavy atom. The molecule has 0 bridgehead atoms. The first-order chi connectivity index (χ1) is 11.8. The summed E-state index contributed by atoms with van der Waals surface area (Å²) >= 11 is 5.86. The van der Waals surface area contributed by atoms with Gasteiger partial charge in [-0.1, -0.05) is 49.7 Å². The van der Waals surface area contributed by atoms with Gasteiger partial charge in [-0.2, -0.15) is 0 Å². The number of carbonyl (C=O) groups is 1. The number of rotatable bonds is 4. The van der Waals surface area contributed by atoms with Crippen LogP contribution in [-0.2, 0) is 6.42 Å². The highest BCUT2D eigenvalue weighted by Crippen LogP contribution is 2.29. The van der Waals surface area contributed by atoms with Gasteiger partial charge in [-0.25, -0.2) is 4.98 Å². The van der Waals surface area contributed by atoms with E-state index in [1.165, 1.54) is 5.56 Å². The fraction of sp³-hybridized carbons (Fsp3) is 0.273. The Kier molecular flexibility index (Phi) is 4.91. The van der Waals surface area contributed by atoms with Gasteiger partial charge >= 0.3 is 0 Å². The topological polar surface area (TPSA) is 30.0 Å². The third-order valence-corrected chi connectivity index (χ3v) is 4.56. The minimum absolute atomic E-state index is 0.449. The van der Waals surface area contributed by atoms with E-state index in [9.17, 15) is 4.79 Å². The lowest BCUT2D eigenvalue weighted by atomic mass is 9.98. The van der Waals surface area contributed by atoms with E-state index in [4.69, 9.17) is 16.6 Å². The van der Waals surface area contributed by atoms with E-state index < -0.39 is 5.24 Å². The molecule has 0 spiro atoms. The maximum Gasteiger partial charge on any atom is 0.253 e. The molecule has 0 aliphatic carbocycles. The van der Waals surface area contributed by atoms with Crippen LogP contribution in [-0.4, -0.2) is 10.2 Å². The molecule has 0 aliphatic heterocycles. The van der Waals surface area contributed by atoms with Crippen LogP contribution in [0.4, 0.5) is 0 Å². The Hall–Kier alpha value is -2.19. The summed E-state index contributed by atoms with van der Waals surface area (Å²) < 4.78 is 0. The van der Waals surface area contributed by atoms with Crippen molar-refractivity contribution in [1.82, 2.24) is 4.98 Å². The quantitative estimate of drug-likeness (QED) is 0.532. The van der Waals surface area contributed by atoms with E-state index in [2.05, 4.69) is 44.2 Å². The summed E-state index contributed by atoms with van der Waals surface area (Å²) in [7, 11) is 0. The van der Waals surface area contributed by atoms with Crippen molar-refractivity contribution in [2.45, 2.75) is 34.1 Å². The van der Waals surface area contributed by atoms with E-state index in [1.807, 2.05) is 19.9 Å². The molecule has 0 radical (unpaired) electrons. The number of carbonyl (C=O) groups excluding carboxylic acids is 1. The minimum atomic E-state index is -0.449. The molecule has 0 unspecified atom stereocenters. The number of hydrogen-bond acceptors (Lipinski definition) is 2. The molecule has 0 fully saturated rings. The van der Waals surface area contributed by atoms with Gasteiger partial charge in [0.25, 0.3) is 5.24 Å². The van der Waals surface area contributed by atoms with Crippen molar-refractivity contribution in [2.24, 2.45) is 5.92 Å². The SMILES string of the molecule is Cc1cc(C)c2nc(-c3ccc(CC(C)C)cc3)cc(C(=O)Cl)c2c1. The Bertz CT molecular complexity index is 942. The van der Waals surface area contributed by atoms with Gasteiger partial charge in [-0.05, 0) is 61.0 Å². The molecule has 3 heteroatoms. The van der Waals surface area contributed by atoms with Crippen LogP contribution >= 0.6 is 11.6 Å². The second kappa shape index (κ2) is 6.97. The number of benzene rings is 2. The number of nitrogens with zero attached hydrogens (tertiary/aromatic N) is 1. The van der Waals surface area contributed by atoms with Crippen molar-refractivity contribution in [3.63, 3.8) is 0 Å². The van der Waals surface area contributed by atoms with Crippen molar-refractivity contribution in [2.75, 3.05) is 0 Å². The average molecular weight is 352 g/mol. The highest BCUT2D eigenvalue weighted by Gasteiger charge is 2.14. The van der Waals surface area contributed by atoms with Crippen molar-refractivity contribution >= 4 is 27.7 Å². The molecule has 0 amide bonds. The van der Waals surface area contributed by atoms with Gasteiger partial charge in [0.05, 0.1) is 11.2 Å². The lowest BCUT2D eigenvalue weighted by molar-refractivity contribution is 0.108. The van der Waals surface area contributed by atoms with Crippen LogP contribution in [0.15, 0.2) is 42.5 Å². The number of hydrogen-bond donors (Lipinski definition) is 0. The number of fused-ring (bicyclic) bond motifs is 1. The fourth-order valence-corrected chi connectivity index (χ4v) is 3.43. The summed E-state index contributed by atoms with van der Waals surface area (Å²) in [6.45, 7) is 8.44. The Labute approximate surface area is 153 Å². The lowest BCUT2D eigenvalue weighted by Crippen LogP contribution is -1.98. The summed E-state index contributed by atoms with van der Waals surface area (Å²) in [5.41, 5.74) is 6.57. The Morgan fingerprint density at radius 2 is 1.76 bits per heavy atom. The van der Waals surface area contributed by atoms with Crippen LogP contribution in [0, 0.1) is 19.8 Å². The van der Waals surface area contributed by atoms with Crippen LogP contribution in [0.25, 0.3) is 22.2 Å². The molecule has 2 nitrogen and oxygen atoms in total. The van der Waals surface area contributed by atoms with E-state index in [1.54, 1.807) is 6.07 Å². The first-order valence-corrected chi connectivity index (χ1v) is 8.94. The zero-order valence-electron chi connectivity index (χ0n) is 15.1. The third-order valence-electron chi connectivity index (χ3n) is 4.35. The van der Waals surface area contributed by atoms with Gasteiger partial charge in [-0.15, -0.1) is 0 Å².